The number of hydrogen-bond donors (Lipinski definition) is 2. The molecule has 1 aromatic rings. The van der Waals surface area contributed by atoms with Crippen LogP contribution in [-0.2, 0) is 0 Å². The van der Waals surface area contributed by atoms with Gasteiger partial charge in [0.05, 0.1) is 6.04 Å². The van der Waals surface area contributed by atoms with Crippen molar-refractivity contribution in [2.24, 2.45) is 5.84 Å². The molecule has 0 saturated heterocycles. The zero-order valence-corrected chi connectivity index (χ0v) is 10.4. The molecule has 4 heteroatoms. The molecule has 1 rings (SSSR count). The quantitative estimate of drug-likeness (QED) is 0.361. The van der Waals surface area contributed by atoms with Gasteiger partial charge in [-0.3, -0.25) is 11.3 Å². The third-order valence-corrected chi connectivity index (χ3v) is 4.05. The Hall–Kier alpha value is -0.160. The summed E-state index contributed by atoms with van der Waals surface area (Å²) in [6.07, 6.45) is 5.14. The van der Waals surface area contributed by atoms with Crippen molar-refractivity contribution >= 4 is 27.3 Å². The summed E-state index contributed by atoms with van der Waals surface area (Å²) < 4.78 is 1.14. The molecule has 14 heavy (non-hydrogen) atoms. The topological polar surface area (TPSA) is 38.0 Å². The number of rotatable bonds is 6. The van der Waals surface area contributed by atoms with Crippen LogP contribution in [-0.4, -0.2) is 0 Å². The fourth-order valence-corrected chi connectivity index (χ4v) is 3.06. The molecule has 0 aliphatic heterocycles. The van der Waals surface area contributed by atoms with Gasteiger partial charge in [-0.15, -0.1) is 17.9 Å². The molecule has 3 N–H and O–H groups in total. The minimum absolute atomic E-state index is 0.254. The molecule has 2 nitrogen and oxygen atoms in total. The maximum absolute atomic E-state index is 5.53. The third-order valence-electron chi connectivity index (χ3n) is 2.06. The van der Waals surface area contributed by atoms with Crippen LogP contribution in [0.4, 0.5) is 0 Å². The number of nitrogens with one attached hydrogen (secondary N) is 1. The van der Waals surface area contributed by atoms with Crippen LogP contribution in [0.1, 0.15) is 30.2 Å². The van der Waals surface area contributed by atoms with E-state index in [0.717, 1.165) is 23.7 Å². The summed E-state index contributed by atoms with van der Waals surface area (Å²) in [5.41, 5.74) is 2.85. The molecule has 78 valence electrons. The van der Waals surface area contributed by atoms with Gasteiger partial charge < -0.3 is 0 Å². The molecule has 0 aliphatic carbocycles. The maximum Gasteiger partial charge on any atom is 0.0564 e. The van der Waals surface area contributed by atoms with E-state index < -0.39 is 0 Å². The van der Waals surface area contributed by atoms with Crippen LogP contribution >= 0.6 is 27.3 Å². The first-order valence-electron chi connectivity index (χ1n) is 4.59. The van der Waals surface area contributed by atoms with Gasteiger partial charge in [0.15, 0.2) is 0 Å². The van der Waals surface area contributed by atoms with Gasteiger partial charge >= 0.3 is 0 Å². The van der Waals surface area contributed by atoms with Crippen molar-refractivity contribution in [1.82, 2.24) is 5.43 Å². The molecule has 1 atom stereocenters. The van der Waals surface area contributed by atoms with Gasteiger partial charge in [0.2, 0.25) is 0 Å². The molecule has 1 aromatic heterocycles. The predicted octanol–water partition coefficient (Wildman–Crippen LogP) is 3.37. The number of unbranched alkanes of at least 4 members (excludes halogenated alkanes) is 1. The average molecular weight is 275 g/mol. The second-order valence-corrected chi connectivity index (χ2v) is 4.87. The van der Waals surface area contributed by atoms with Gasteiger partial charge in [-0.1, -0.05) is 6.08 Å². The lowest BCUT2D eigenvalue weighted by molar-refractivity contribution is 0.506. The highest BCUT2D eigenvalue weighted by Crippen LogP contribution is 2.31. The van der Waals surface area contributed by atoms with Gasteiger partial charge in [-0.25, -0.2) is 0 Å². The van der Waals surface area contributed by atoms with E-state index in [1.54, 1.807) is 11.3 Å². The highest BCUT2D eigenvalue weighted by molar-refractivity contribution is 9.10. The zero-order valence-electron chi connectivity index (χ0n) is 8.00. The van der Waals surface area contributed by atoms with E-state index in [4.69, 9.17) is 5.84 Å². The van der Waals surface area contributed by atoms with E-state index >= 15 is 0 Å². The first-order valence-corrected chi connectivity index (χ1v) is 6.26. The van der Waals surface area contributed by atoms with Crippen LogP contribution in [0.25, 0.3) is 0 Å². The number of hydrogen-bond acceptors (Lipinski definition) is 3. The SMILES string of the molecule is C=CCCCC(NN)c1sccc1Br. The van der Waals surface area contributed by atoms with Crippen molar-refractivity contribution in [3.63, 3.8) is 0 Å². The summed E-state index contributed by atoms with van der Waals surface area (Å²) in [6, 6.07) is 2.31. The third kappa shape index (κ3) is 3.20. The van der Waals surface area contributed by atoms with Crippen molar-refractivity contribution in [3.05, 3.63) is 33.5 Å². The summed E-state index contributed by atoms with van der Waals surface area (Å²) in [4.78, 5) is 1.27. The summed E-state index contributed by atoms with van der Waals surface area (Å²) in [6.45, 7) is 3.71. The van der Waals surface area contributed by atoms with Crippen LogP contribution < -0.4 is 11.3 Å². The second-order valence-electron chi connectivity index (χ2n) is 3.07. The Kier molecular flexibility index (Phi) is 5.40. The maximum atomic E-state index is 5.53. The Morgan fingerprint density at radius 1 is 1.71 bits per heavy atom. The summed E-state index contributed by atoms with van der Waals surface area (Å²) in [5.74, 6) is 5.53. The lowest BCUT2D eigenvalue weighted by atomic mass is 10.1. The summed E-state index contributed by atoms with van der Waals surface area (Å²) in [7, 11) is 0. The first kappa shape index (κ1) is 11.9. The Morgan fingerprint density at radius 3 is 3.00 bits per heavy atom. The van der Waals surface area contributed by atoms with Gasteiger partial charge in [-0.2, -0.15) is 0 Å². The Labute approximate surface area is 97.3 Å². The van der Waals surface area contributed by atoms with Gasteiger partial charge in [0, 0.05) is 9.35 Å². The molecule has 0 radical (unpaired) electrons. The molecule has 1 unspecified atom stereocenters. The molecule has 0 bridgehead atoms. The summed E-state index contributed by atoms with van der Waals surface area (Å²) in [5, 5.41) is 2.07. The van der Waals surface area contributed by atoms with E-state index in [1.165, 1.54) is 4.88 Å². The van der Waals surface area contributed by atoms with E-state index in [1.807, 2.05) is 6.08 Å². The minimum atomic E-state index is 0.254. The van der Waals surface area contributed by atoms with Crippen molar-refractivity contribution in [2.45, 2.75) is 25.3 Å². The largest absolute Gasteiger partial charge is 0.271 e. The second kappa shape index (κ2) is 6.35. The molecule has 0 aliphatic rings. The minimum Gasteiger partial charge on any atom is -0.271 e. The number of halogens is 1. The monoisotopic (exact) mass is 274 g/mol. The molecular weight excluding hydrogens is 260 g/mol. The number of hydrazine groups is 1. The van der Waals surface area contributed by atoms with Crippen molar-refractivity contribution in [1.29, 1.82) is 0 Å². The van der Waals surface area contributed by atoms with E-state index in [-0.39, 0.29) is 6.04 Å². The van der Waals surface area contributed by atoms with Gasteiger partial charge in [0.1, 0.15) is 0 Å². The lowest BCUT2D eigenvalue weighted by Gasteiger charge is -2.14. The van der Waals surface area contributed by atoms with Crippen LogP contribution in [0.2, 0.25) is 0 Å². The fourth-order valence-electron chi connectivity index (χ4n) is 1.31. The molecule has 1 heterocycles. The van der Waals surface area contributed by atoms with Crippen LogP contribution in [0.5, 0.6) is 0 Å². The number of thiophene rings is 1. The van der Waals surface area contributed by atoms with Gasteiger partial charge in [-0.05, 0) is 46.6 Å². The molecular formula is C10H15BrN2S. The highest BCUT2D eigenvalue weighted by Gasteiger charge is 2.13. The summed E-state index contributed by atoms with van der Waals surface area (Å²) >= 11 is 5.24. The van der Waals surface area contributed by atoms with Crippen molar-refractivity contribution < 1.29 is 0 Å². The molecule has 0 saturated carbocycles. The highest BCUT2D eigenvalue weighted by atomic mass is 79.9. The average Bonchev–Trinajstić information content (AvgIpc) is 2.60. The van der Waals surface area contributed by atoms with Crippen LogP contribution in [0.3, 0.4) is 0 Å². The van der Waals surface area contributed by atoms with E-state index in [9.17, 15) is 0 Å². The fraction of sp³-hybridized carbons (Fsp3) is 0.400. The molecule has 0 aromatic carbocycles. The van der Waals surface area contributed by atoms with Crippen LogP contribution in [0.15, 0.2) is 28.6 Å². The molecule has 0 amide bonds. The smallest absolute Gasteiger partial charge is 0.0564 e. The Morgan fingerprint density at radius 2 is 2.50 bits per heavy atom. The van der Waals surface area contributed by atoms with E-state index in [2.05, 4.69) is 39.4 Å². The first-order chi connectivity index (χ1) is 6.79. The van der Waals surface area contributed by atoms with Crippen molar-refractivity contribution in [3.8, 4) is 0 Å². The standard InChI is InChI=1S/C10H15BrN2S/c1-2-3-4-5-9(13-12)10-8(11)6-7-14-10/h2,6-7,9,13H,1,3-5,12H2. The van der Waals surface area contributed by atoms with Gasteiger partial charge in [0.25, 0.3) is 0 Å². The zero-order chi connectivity index (χ0) is 10.4. The normalized spacial score (nSPS) is 12.7. The van der Waals surface area contributed by atoms with Crippen LogP contribution in [0, 0.1) is 0 Å². The van der Waals surface area contributed by atoms with E-state index in [0.29, 0.717) is 0 Å². The predicted molar refractivity (Wildman–Crippen MR) is 66.1 cm³/mol. The molecule has 0 spiro atoms. The lowest BCUT2D eigenvalue weighted by Crippen LogP contribution is -2.27. The number of allylic oxidation sites excluding steroid dienone is 1. The Bertz CT molecular complexity index is 285. The number of nitrogens with two attached hydrogens (primary N) is 1. The molecule has 0 fully saturated rings. The Balaban J connectivity index is 2.54. The van der Waals surface area contributed by atoms with Crippen molar-refractivity contribution in [2.75, 3.05) is 0 Å².